The van der Waals surface area contributed by atoms with Gasteiger partial charge < -0.3 is 9.52 Å². The fourth-order valence-electron chi connectivity index (χ4n) is 5.03. The molecule has 2 aromatic heterocycles. The normalized spacial score (nSPS) is 14.0. The van der Waals surface area contributed by atoms with Crippen molar-refractivity contribution in [1.82, 2.24) is 4.98 Å². The molecule has 0 atom stereocenters. The number of hydrogen-bond acceptors (Lipinski definition) is 4. The first-order valence-corrected chi connectivity index (χ1v) is 12.1. The molecule has 0 spiro atoms. The standard InChI is InChI=1S/C26H20NO.C5H8O2.Ir/c1-2-10-18(11-3-1)25-26-24(20-12-6-7-13-23(20)28-26)21-16-19(14-15-22(21)27-25)17-8-4-5-9-17;1-4(6)3-5(2)7;/h1-3,6-7,10,12-17H,4-5,8-9H2;3,6H,1-2H3;/q-1;;/b;4-3-;. The van der Waals surface area contributed by atoms with Crippen molar-refractivity contribution >= 4 is 38.6 Å². The van der Waals surface area contributed by atoms with Gasteiger partial charge in [-0.05, 0) is 56.4 Å². The fourth-order valence-corrected chi connectivity index (χ4v) is 5.03. The van der Waals surface area contributed by atoms with Crippen LogP contribution in [-0.4, -0.2) is 15.9 Å². The zero-order chi connectivity index (χ0) is 24.4. The Balaban J connectivity index is 0.000000338. The molecule has 0 bridgehead atoms. The molecule has 1 saturated carbocycles. The summed E-state index contributed by atoms with van der Waals surface area (Å²) in [7, 11) is 0. The summed E-state index contributed by atoms with van der Waals surface area (Å²) in [6.45, 7) is 2.85. The van der Waals surface area contributed by atoms with Crippen LogP contribution in [0.15, 0.2) is 83.0 Å². The molecule has 1 N–H and O–H groups in total. The first-order chi connectivity index (χ1) is 17.0. The summed E-state index contributed by atoms with van der Waals surface area (Å²) in [4.78, 5) is 15.0. The van der Waals surface area contributed by atoms with E-state index in [0.29, 0.717) is 5.92 Å². The number of pyridine rings is 1. The molecular formula is C31H28IrNO3-. The number of ketones is 1. The van der Waals surface area contributed by atoms with Gasteiger partial charge in [-0.15, -0.1) is 35.9 Å². The zero-order valence-corrected chi connectivity index (χ0v) is 22.8. The van der Waals surface area contributed by atoms with Gasteiger partial charge in [0, 0.05) is 48.0 Å². The van der Waals surface area contributed by atoms with E-state index in [1.165, 1.54) is 61.9 Å². The maximum Gasteiger partial charge on any atom is 0.155 e. The Morgan fingerprint density at radius 1 is 1.03 bits per heavy atom. The molecule has 0 saturated heterocycles. The topological polar surface area (TPSA) is 63.3 Å². The van der Waals surface area contributed by atoms with Crippen molar-refractivity contribution in [2.24, 2.45) is 0 Å². The van der Waals surface area contributed by atoms with Crippen molar-refractivity contribution in [2.45, 2.75) is 45.4 Å². The Morgan fingerprint density at radius 3 is 2.44 bits per heavy atom. The quantitative estimate of drug-likeness (QED) is 0.121. The van der Waals surface area contributed by atoms with Gasteiger partial charge in [-0.1, -0.05) is 37.1 Å². The van der Waals surface area contributed by atoms with Crippen molar-refractivity contribution < 1.29 is 34.4 Å². The maximum absolute atomic E-state index is 10.0. The number of allylic oxidation sites excluding steroid dienone is 2. The second-order valence-corrected chi connectivity index (χ2v) is 9.19. The number of carbonyl (C=O) groups is 1. The summed E-state index contributed by atoms with van der Waals surface area (Å²) in [5.41, 5.74) is 6.07. The molecule has 1 aliphatic rings. The molecule has 1 aliphatic carbocycles. The third-order valence-electron chi connectivity index (χ3n) is 6.54. The third kappa shape index (κ3) is 5.28. The summed E-state index contributed by atoms with van der Waals surface area (Å²) in [5, 5.41) is 11.9. The van der Waals surface area contributed by atoms with Gasteiger partial charge >= 0.3 is 0 Å². The Hall–Kier alpha value is -3.27. The summed E-state index contributed by atoms with van der Waals surface area (Å²) in [5.74, 6) is 0.618. The minimum absolute atomic E-state index is 0. The van der Waals surface area contributed by atoms with E-state index in [1.807, 2.05) is 36.4 Å². The van der Waals surface area contributed by atoms with E-state index in [1.54, 1.807) is 0 Å². The van der Waals surface area contributed by atoms with Crippen LogP contribution in [0.1, 0.15) is 51.0 Å². The molecule has 185 valence electrons. The number of furan rings is 1. The van der Waals surface area contributed by atoms with Crippen LogP contribution in [0.25, 0.3) is 44.1 Å². The Morgan fingerprint density at radius 2 is 1.78 bits per heavy atom. The van der Waals surface area contributed by atoms with Crippen LogP contribution in [0.2, 0.25) is 0 Å². The molecule has 3 aromatic carbocycles. The molecule has 0 unspecified atom stereocenters. The Kier molecular flexibility index (Phi) is 8.03. The SMILES string of the molecule is CC(=O)/C=C(/C)O.[Ir].[c-]1ccccc1-c1nc2ccc(C3CCCC3)cc2c2c1oc1ccccc12. The van der Waals surface area contributed by atoms with E-state index in [2.05, 4.69) is 36.4 Å². The number of benzene rings is 3. The first kappa shape index (κ1) is 25.8. The van der Waals surface area contributed by atoms with Crippen molar-refractivity contribution in [1.29, 1.82) is 0 Å². The first-order valence-electron chi connectivity index (χ1n) is 12.1. The van der Waals surface area contributed by atoms with Gasteiger partial charge in [0.05, 0.1) is 11.3 Å². The molecule has 5 heteroatoms. The van der Waals surface area contributed by atoms with Crippen LogP contribution < -0.4 is 0 Å². The number of nitrogens with zero attached hydrogens (tertiary/aromatic N) is 1. The summed E-state index contributed by atoms with van der Waals surface area (Å²) >= 11 is 0. The molecule has 2 heterocycles. The average Bonchev–Trinajstić information content (AvgIpc) is 3.52. The van der Waals surface area contributed by atoms with E-state index in [4.69, 9.17) is 14.5 Å². The second-order valence-electron chi connectivity index (χ2n) is 9.19. The van der Waals surface area contributed by atoms with Crippen molar-refractivity contribution in [3.63, 3.8) is 0 Å². The molecule has 0 aliphatic heterocycles. The second kappa shape index (κ2) is 11.2. The Bertz CT molecular complexity index is 1540. The van der Waals surface area contributed by atoms with Crippen LogP contribution in [0.5, 0.6) is 0 Å². The van der Waals surface area contributed by atoms with Crippen molar-refractivity contribution in [3.05, 3.63) is 90.2 Å². The number of fused-ring (bicyclic) bond motifs is 5. The predicted octanol–water partition coefficient (Wildman–Crippen LogP) is 8.29. The van der Waals surface area contributed by atoms with Crippen LogP contribution in [0.4, 0.5) is 0 Å². The molecule has 0 amide bonds. The minimum Gasteiger partial charge on any atom is -0.512 e. The zero-order valence-electron chi connectivity index (χ0n) is 20.4. The maximum atomic E-state index is 10.0. The minimum atomic E-state index is -0.125. The van der Waals surface area contributed by atoms with Gasteiger partial charge in [-0.2, -0.15) is 0 Å². The van der Waals surface area contributed by atoms with Gasteiger partial charge in [0.1, 0.15) is 11.2 Å². The van der Waals surface area contributed by atoms with Gasteiger partial charge in [-0.3, -0.25) is 9.78 Å². The number of aliphatic hydroxyl groups excluding tert-OH is 1. The average molecular weight is 655 g/mol. The number of carbonyl (C=O) groups excluding carboxylic acids is 1. The number of rotatable bonds is 3. The summed E-state index contributed by atoms with van der Waals surface area (Å²) in [6.07, 6.45) is 6.44. The Labute approximate surface area is 224 Å². The largest absolute Gasteiger partial charge is 0.512 e. The fraction of sp³-hybridized carbons (Fsp3) is 0.226. The summed E-state index contributed by atoms with van der Waals surface area (Å²) in [6, 6.07) is 26.4. The van der Waals surface area contributed by atoms with E-state index in [0.717, 1.165) is 33.3 Å². The molecule has 1 fully saturated rings. The van der Waals surface area contributed by atoms with E-state index >= 15 is 0 Å². The van der Waals surface area contributed by atoms with Crippen LogP contribution in [0, 0.1) is 6.07 Å². The molecular weight excluding hydrogens is 627 g/mol. The molecule has 36 heavy (non-hydrogen) atoms. The van der Waals surface area contributed by atoms with Gasteiger partial charge in [0.25, 0.3) is 0 Å². The van der Waals surface area contributed by atoms with Gasteiger partial charge in [0.2, 0.25) is 0 Å². The van der Waals surface area contributed by atoms with Crippen molar-refractivity contribution in [3.8, 4) is 11.3 Å². The monoisotopic (exact) mass is 655 g/mol. The molecule has 5 aromatic rings. The van der Waals surface area contributed by atoms with E-state index in [-0.39, 0.29) is 31.6 Å². The third-order valence-corrected chi connectivity index (χ3v) is 6.54. The number of para-hydroxylation sites is 1. The number of aliphatic hydroxyl groups is 1. The predicted molar refractivity (Wildman–Crippen MR) is 142 cm³/mol. The molecule has 6 rings (SSSR count). The number of aromatic nitrogens is 1. The van der Waals surface area contributed by atoms with E-state index in [9.17, 15) is 4.79 Å². The number of hydrogen-bond donors (Lipinski definition) is 1. The van der Waals surface area contributed by atoms with Crippen LogP contribution in [0.3, 0.4) is 0 Å². The smallest absolute Gasteiger partial charge is 0.155 e. The molecule has 4 nitrogen and oxygen atoms in total. The summed E-state index contributed by atoms with van der Waals surface area (Å²) < 4.78 is 6.33. The van der Waals surface area contributed by atoms with Crippen molar-refractivity contribution in [2.75, 3.05) is 0 Å². The van der Waals surface area contributed by atoms with Gasteiger partial charge in [-0.25, -0.2) is 0 Å². The van der Waals surface area contributed by atoms with Gasteiger partial charge in [0.15, 0.2) is 5.78 Å². The van der Waals surface area contributed by atoms with Crippen LogP contribution in [-0.2, 0) is 24.9 Å². The van der Waals surface area contributed by atoms with Crippen LogP contribution >= 0.6 is 0 Å². The molecule has 1 radical (unpaired) electrons. The van der Waals surface area contributed by atoms with E-state index < -0.39 is 0 Å².